The first-order valence-corrected chi connectivity index (χ1v) is 9.22. The number of para-hydroxylation sites is 1. The fourth-order valence-electron chi connectivity index (χ4n) is 3.17. The average molecular weight is 366 g/mol. The molecule has 1 aliphatic rings. The molecule has 1 aliphatic heterocycles. The number of phenols is 1. The van der Waals surface area contributed by atoms with Crippen LogP contribution in [0.4, 0.5) is 0 Å². The van der Waals surface area contributed by atoms with Gasteiger partial charge >= 0.3 is 0 Å². The van der Waals surface area contributed by atoms with E-state index in [9.17, 15) is 9.90 Å². The van der Waals surface area contributed by atoms with Crippen molar-refractivity contribution < 1.29 is 9.90 Å². The van der Waals surface area contributed by atoms with Crippen molar-refractivity contribution in [1.82, 2.24) is 15.2 Å². The first-order valence-electron chi connectivity index (χ1n) is 9.22. The van der Waals surface area contributed by atoms with Crippen molar-refractivity contribution in [3.05, 3.63) is 65.7 Å². The summed E-state index contributed by atoms with van der Waals surface area (Å²) in [5.74, 6) is 0.0174. The zero-order valence-electron chi connectivity index (χ0n) is 15.6. The summed E-state index contributed by atoms with van der Waals surface area (Å²) in [5, 5.41) is 13.9. The van der Waals surface area contributed by atoms with Crippen LogP contribution in [0.5, 0.6) is 5.75 Å². The van der Waals surface area contributed by atoms with Crippen LogP contribution >= 0.6 is 0 Å². The van der Waals surface area contributed by atoms with Gasteiger partial charge in [-0.05, 0) is 24.6 Å². The number of rotatable bonds is 6. The van der Waals surface area contributed by atoms with E-state index in [4.69, 9.17) is 0 Å². The summed E-state index contributed by atoms with van der Waals surface area (Å²) >= 11 is 0. The summed E-state index contributed by atoms with van der Waals surface area (Å²) in [4.78, 5) is 16.7. The first kappa shape index (κ1) is 19.1. The third kappa shape index (κ3) is 5.64. The Hall–Kier alpha value is -2.70. The van der Waals surface area contributed by atoms with E-state index in [1.165, 1.54) is 5.56 Å². The van der Waals surface area contributed by atoms with Crippen molar-refractivity contribution in [3.8, 4) is 5.75 Å². The van der Waals surface area contributed by atoms with Crippen LogP contribution in [0.3, 0.4) is 0 Å². The van der Waals surface area contributed by atoms with Gasteiger partial charge in [0.15, 0.2) is 0 Å². The SMILES string of the molecule is C/C(=N\NC(=O)CN1CCN(Cc2ccccc2)CC1)c1ccccc1O. The Morgan fingerprint density at radius 1 is 1.00 bits per heavy atom. The number of carbonyl (C=O) groups excluding carboxylic acids is 1. The van der Waals surface area contributed by atoms with Crippen LogP contribution in [0.1, 0.15) is 18.1 Å². The van der Waals surface area contributed by atoms with Crippen molar-refractivity contribution >= 4 is 11.6 Å². The summed E-state index contributed by atoms with van der Waals surface area (Å²) in [6.07, 6.45) is 0. The maximum absolute atomic E-state index is 12.2. The zero-order chi connectivity index (χ0) is 19.1. The van der Waals surface area contributed by atoms with Gasteiger partial charge < -0.3 is 5.11 Å². The molecule has 0 atom stereocenters. The van der Waals surface area contributed by atoms with E-state index in [0.717, 1.165) is 32.7 Å². The number of aromatic hydroxyl groups is 1. The Morgan fingerprint density at radius 3 is 2.33 bits per heavy atom. The van der Waals surface area contributed by atoms with Gasteiger partial charge in [-0.25, -0.2) is 5.43 Å². The molecule has 0 saturated carbocycles. The lowest BCUT2D eigenvalue weighted by Crippen LogP contribution is -2.48. The minimum atomic E-state index is -0.138. The van der Waals surface area contributed by atoms with Gasteiger partial charge in [0.2, 0.25) is 0 Å². The van der Waals surface area contributed by atoms with Gasteiger partial charge in [-0.3, -0.25) is 14.6 Å². The van der Waals surface area contributed by atoms with Gasteiger partial charge in [-0.1, -0.05) is 42.5 Å². The molecule has 0 spiro atoms. The highest BCUT2D eigenvalue weighted by atomic mass is 16.3. The largest absolute Gasteiger partial charge is 0.507 e. The van der Waals surface area contributed by atoms with Crippen LogP contribution in [0, 0.1) is 0 Å². The number of amides is 1. The molecule has 1 saturated heterocycles. The van der Waals surface area contributed by atoms with Crippen LogP contribution in [-0.4, -0.2) is 59.2 Å². The average Bonchev–Trinajstić information content (AvgIpc) is 2.69. The molecule has 0 aliphatic carbocycles. The second kappa shape index (κ2) is 9.30. The summed E-state index contributed by atoms with van der Waals surface area (Å²) in [5.41, 5.74) is 5.10. The molecule has 0 aromatic heterocycles. The number of hydrogen-bond acceptors (Lipinski definition) is 5. The van der Waals surface area contributed by atoms with Crippen LogP contribution in [-0.2, 0) is 11.3 Å². The number of nitrogens with zero attached hydrogens (tertiary/aromatic N) is 3. The van der Waals surface area contributed by atoms with E-state index in [1.807, 2.05) is 12.1 Å². The van der Waals surface area contributed by atoms with Gasteiger partial charge in [0.25, 0.3) is 5.91 Å². The Labute approximate surface area is 160 Å². The maximum atomic E-state index is 12.2. The maximum Gasteiger partial charge on any atom is 0.254 e. The molecule has 0 unspecified atom stereocenters. The highest BCUT2D eigenvalue weighted by molar-refractivity contribution is 6.01. The van der Waals surface area contributed by atoms with Crippen molar-refractivity contribution in [2.45, 2.75) is 13.5 Å². The van der Waals surface area contributed by atoms with E-state index in [0.29, 0.717) is 17.8 Å². The molecule has 6 heteroatoms. The molecular formula is C21H26N4O2. The molecule has 2 aromatic carbocycles. The molecular weight excluding hydrogens is 340 g/mol. The predicted octanol–water partition coefficient (Wildman–Crippen LogP) is 2.05. The smallest absolute Gasteiger partial charge is 0.254 e. The Balaban J connectivity index is 1.43. The van der Waals surface area contributed by atoms with Crippen LogP contribution < -0.4 is 5.43 Å². The standard InChI is InChI=1S/C21H26N4O2/c1-17(19-9-5-6-10-20(19)26)22-23-21(27)16-25-13-11-24(12-14-25)15-18-7-3-2-4-8-18/h2-10,26H,11-16H2,1H3,(H,23,27)/b22-17+. The number of hydrogen-bond donors (Lipinski definition) is 2. The number of nitrogens with one attached hydrogen (secondary N) is 1. The third-order valence-corrected chi connectivity index (χ3v) is 4.72. The quantitative estimate of drug-likeness (QED) is 0.607. The minimum Gasteiger partial charge on any atom is -0.507 e. The molecule has 0 radical (unpaired) electrons. The van der Waals surface area contributed by atoms with Gasteiger partial charge in [0.05, 0.1) is 12.3 Å². The zero-order valence-corrected chi connectivity index (χ0v) is 15.6. The van der Waals surface area contributed by atoms with Crippen molar-refractivity contribution in [3.63, 3.8) is 0 Å². The highest BCUT2D eigenvalue weighted by Crippen LogP contribution is 2.16. The Bertz CT molecular complexity index is 784. The fraction of sp³-hybridized carbons (Fsp3) is 0.333. The van der Waals surface area contributed by atoms with E-state index in [-0.39, 0.29) is 11.7 Å². The lowest BCUT2D eigenvalue weighted by molar-refractivity contribution is -0.122. The number of phenolic OH excluding ortho intramolecular Hbond substituents is 1. The third-order valence-electron chi connectivity index (χ3n) is 4.72. The molecule has 1 heterocycles. The Morgan fingerprint density at radius 2 is 1.63 bits per heavy atom. The van der Waals surface area contributed by atoms with E-state index in [2.05, 4.69) is 44.6 Å². The highest BCUT2D eigenvalue weighted by Gasteiger charge is 2.19. The van der Waals surface area contributed by atoms with Gasteiger partial charge in [0.1, 0.15) is 5.75 Å². The van der Waals surface area contributed by atoms with Gasteiger partial charge in [-0.15, -0.1) is 0 Å². The first-order chi connectivity index (χ1) is 13.1. The summed E-state index contributed by atoms with van der Waals surface area (Å²) in [6.45, 7) is 6.66. The van der Waals surface area contributed by atoms with Crippen LogP contribution in [0.2, 0.25) is 0 Å². The molecule has 27 heavy (non-hydrogen) atoms. The lowest BCUT2D eigenvalue weighted by Gasteiger charge is -2.34. The molecule has 1 fully saturated rings. The fourth-order valence-corrected chi connectivity index (χ4v) is 3.17. The molecule has 6 nitrogen and oxygen atoms in total. The molecule has 1 amide bonds. The lowest BCUT2D eigenvalue weighted by atomic mass is 10.1. The number of hydrazone groups is 1. The van der Waals surface area contributed by atoms with E-state index < -0.39 is 0 Å². The summed E-state index contributed by atoms with van der Waals surface area (Å²) < 4.78 is 0. The molecule has 2 N–H and O–H groups in total. The van der Waals surface area contributed by atoms with Crippen LogP contribution in [0.25, 0.3) is 0 Å². The second-order valence-corrected chi connectivity index (χ2v) is 6.79. The van der Waals surface area contributed by atoms with Crippen molar-refractivity contribution in [2.24, 2.45) is 5.10 Å². The van der Waals surface area contributed by atoms with E-state index >= 15 is 0 Å². The number of piperazine rings is 1. The minimum absolute atomic E-state index is 0.138. The molecule has 2 aromatic rings. The molecule has 3 rings (SSSR count). The second-order valence-electron chi connectivity index (χ2n) is 6.79. The van der Waals surface area contributed by atoms with Gasteiger partial charge in [-0.2, -0.15) is 5.10 Å². The normalized spacial score (nSPS) is 16.3. The predicted molar refractivity (Wildman–Crippen MR) is 107 cm³/mol. The molecule has 142 valence electrons. The Kier molecular flexibility index (Phi) is 6.57. The summed E-state index contributed by atoms with van der Waals surface area (Å²) in [7, 11) is 0. The monoisotopic (exact) mass is 366 g/mol. The topological polar surface area (TPSA) is 68.2 Å². The number of benzene rings is 2. The van der Waals surface area contributed by atoms with Crippen molar-refractivity contribution in [2.75, 3.05) is 32.7 Å². The van der Waals surface area contributed by atoms with Crippen LogP contribution in [0.15, 0.2) is 59.7 Å². The van der Waals surface area contributed by atoms with Gasteiger partial charge in [0, 0.05) is 38.3 Å². The van der Waals surface area contributed by atoms with Crippen molar-refractivity contribution in [1.29, 1.82) is 0 Å². The molecule has 0 bridgehead atoms. The van der Waals surface area contributed by atoms with E-state index in [1.54, 1.807) is 25.1 Å². The number of carbonyl (C=O) groups is 1. The summed E-state index contributed by atoms with van der Waals surface area (Å²) in [6, 6.07) is 17.4.